The summed E-state index contributed by atoms with van der Waals surface area (Å²) >= 11 is 0. The standard InChI is InChI=1S/C15H24N2O2/c1-3-6-13(16)11-17-15(18)12-7-5-8-14(10-12)19-9-4-2/h5,7-8,10,13H,3-4,6,9,11,16H2,1-2H3,(H,17,18). The summed E-state index contributed by atoms with van der Waals surface area (Å²) < 4.78 is 5.51. The van der Waals surface area contributed by atoms with Crippen LogP contribution >= 0.6 is 0 Å². The zero-order valence-electron chi connectivity index (χ0n) is 11.8. The van der Waals surface area contributed by atoms with Crippen LogP contribution in [0.5, 0.6) is 5.75 Å². The van der Waals surface area contributed by atoms with E-state index in [9.17, 15) is 4.79 Å². The van der Waals surface area contributed by atoms with Gasteiger partial charge in [-0.1, -0.05) is 26.3 Å². The van der Waals surface area contributed by atoms with Gasteiger partial charge in [0, 0.05) is 18.2 Å². The Morgan fingerprint density at radius 1 is 1.37 bits per heavy atom. The van der Waals surface area contributed by atoms with Gasteiger partial charge in [0.1, 0.15) is 5.75 Å². The maximum Gasteiger partial charge on any atom is 0.251 e. The second-order valence-electron chi connectivity index (χ2n) is 4.64. The molecule has 0 bridgehead atoms. The monoisotopic (exact) mass is 264 g/mol. The number of rotatable bonds is 8. The maximum atomic E-state index is 12.0. The second kappa shape index (κ2) is 8.53. The van der Waals surface area contributed by atoms with Gasteiger partial charge in [0.25, 0.3) is 5.91 Å². The van der Waals surface area contributed by atoms with Crippen molar-refractivity contribution in [1.82, 2.24) is 5.32 Å². The van der Waals surface area contributed by atoms with E-state index >= 15 is 0 Å². The summed E-state index contributed by atoms with van der Waals surface area (Å²) in [5, 5.41) is 2.85. The fourth-order valence-corrected chi connectivity index (χ4v) is 1.75. The zero-order valence-corrected chi connectivity index (χ0v) is 11.8. The summed E-state index contributed by atoms with van der Waals surface area (Å²) in [6.07, 6.45) is 2.89. The van der Waals surface area contributed by atoms with Gasteiger partial charge in [-0.3, -0.25) is 4.79 Å². The average molecular weight is 264 g/mol. The molecule has 0 aromatic heterocycles. The van der Waals surface area contributed by atoms with Crippen molar-refractivity contribution < 1.29 is 9.53 Å². The summed E-state index contributed by atoms with van der Waals surface area (Å²) in [7, 11) is 0. The molecular weight excluding hydrogens is 240 g/mol. The first-order valence-electron chi connectivity index (χ1n) is 6.94. The summed E-state index contributed by atoms with van der Waals surface area (Å²) in [4.78, 5) is 12.0. The Labute approximate surface area is 115 Å². The highest BCUT2D eigenvalue weighted by Gasteiger charge is 2.08. The van der Waals surface area contributed by atoms with Crippen molar-refractivity contribution in [2.75, 3.05) is 13.2 Å². The molecule has 1 aromatic carbocycles. The minimum atomic E-state index is -0.103. The van der Waals surface area contributed by atoms with Crippen molar-refractivity contribution in [2.45, 2.75) is 39.2 Å². The molecule has 1 atom stereocenters. The van der Waals surface area contributed by atoms with Crippen LogP contribution in [-0.2, 0) is 0 Å². The molecular formula is C15H24N2O2. The molecule has 106 valence electrons. The molecule has 19 heavy (non-hydrogen) atoms. The van der Waals surface area contributed by atoms with Gasteiger partial charge in [-0.15, -0.1) is 0 Å². The SMILES string of the molecule is CCCOc1cccc(C(=O)NCC(N)CCC)c1. The van der Waals surface area contributed by atoms with Crippen LogP contribution in [0.4, 0.5) is 0 Å². The Hall–Kier alpha value is -1.55. The largest absolute Gasteiger partial charge is 0.494 e. The Bertz CT molecular complexity index is 393. The third-order valence-corrected chi connectivity index (χ3v) is 2.75. The van der Waals surface area contributed by atoms with Crippen LogP contribution in [0, 0.1) is 0 Å². The lowest BCUT2D eigenvalue weighted by molar-refractivity contribution is 0.0950. The van der Waals surface area contributed by atoms with Crippen molar-refractivity contribution in [3.05, 3.63) is 29.8 Å². The van der Waals surface area contributed by atoms with Crippen molar-refractivity contribution in [3.8, 4) is 5.75 Å². The van der Waals surface area contributed by atoms with Gasteiger partial charge in [-0.25, -0.2) is 0 Å². The Kier molecular flexibility index (Phi) is 6.97. The van der Waals surface area contributed by atoms with E-state index in [2.05, 4.69) is 12.2 Å². The molecule has 0 aliphatic rings. The van der Waals surface area contributed by atoms with E-state index in [1.54, 1.807) is 12.1 Å². The van der Waals surface area contributed by atoms with Crippen LogP contribution in [-0.4, -0.2) is 25.1 Å². The quantitative estimate of drug-likeness (QED) is 0.757. The van der Waals surface area contributed by atoms with Gasteiger partial charge >= 0.3 is 0 Å². The number of nitrogens with one attached hydrogen (secondary N) is 1. The molecule has 0 radical (unpaired) electrons. The molecule has 0 aliphatic carbocycles. The number of carbonyl (C=O) groups is 1. The van der Waals surface area contributed by atoms with Gasteiger partial charge in [-0.2, -0.15) is 0 Å². The van der Waals surface area contributed by atoms with E-state index in [0.717, 1.165) is 25.0 Å². The van der Waals surface area contributed by atoms with Gasteiger partial charge in [-0.05, 0) is 31.0 Å². The van der Waals surface area contributed by atoms with Crippen LogP contribution in [0.15, 0.2) is 24.3 Å². The Balaban J connectivity index is 2.51. The van der Waals surface area contributed by atoms with Gasteiger partial charge in [0.2, 0.25) is 0 Å². The lowest BCUT2D eigenvalue weighted by atomic mass is 10.1. The molecule has 4 heteroatoms. The highest BCUT2D eigenvalue weighted by atomic mass is 16.5. The van der Waals surface area contributed by atoms with Crippen molar-refractivity contribution in [3.63, 3.8) is 0 Å². The van der Waals surface area contributed by atoms with Crippen molar-refractivity contribution in [2.24, 2.45) is 5.73 Å². The van der Waals surface area contributed by atoms with Gasteiger partial charge in [0.15, 0.2) is 0 Å². The average Bonchev–Trinajstić information content (AvgIpc) is 2.43. The number of nitrogens with two attached hydrogens (primary N) is 1. The van der Waals surface area contributed by atoms with E-state index in [1.807, 2.05) is 19.1 Å². The zero-order chi connectivity index (χ0) is 14.1. The van der Waals surface area contributed by atoms with E-state index in [1.165, 1.54) is 0 Å². The van der Waals surface area contributed by atoms with Crippen LogP contribution in [0.1, 0.15) is 43.5 Å². The molecule has 0 heterocycles. The molecule has 0 aliphatic heterocycles. The Morgan fingerprint density at radius 3 is 2.84 bits per heavy atom. The number of ether oxygens (including phenoxy) is 1. The number of hydrogen-bond acceptors (Lipinski definition) is 3. The highest BCUT2D eigenvalue weighted by Crippen LogP contribution is 2.13. The minimum absolute atomic E-state index is 0.0217. The molecule has 4 nitrogen and oxygen atoms in total. The smallest absolute Gasteiger partial charge is 0.251 e. The number of benzene rings is 1. The number of hydrogen-bond donors (Lipinski definition) is 2. The number of amides is 1. The first kappa shape index (κ1) is 15.5. The third kappa shape index (κ3) is 5.75. The first-order valence-corrected chi connectivity index (χ1v) is 6.94. The van der Waals surface area contributed by atoms with Crippen LogP contribution in [0.25, 0.3) is 0 Å². The summed E-state index contributed by atoms with van der Waals surface area (Å²) in [6, 6.07) is 7.24. The topological polar surface area (TPSA) is 64.3 Å². The predicted molar refractivity (Wildman–Crippen MR) is 77.4 cm³/mol. The summed E-state index contributed by atoms with van der Waals surface area (Å²) in [5.74, 6) is 0.626. The molecule has 1 rings (SSSR count). The summed E-state index contributed by atoms with van der Waals surface area (Å²) in [5.41, 5.74) is 6.48. The van der Waals surface area contributed by atoms with Crippen LogP contribution in [0.2, 0.25) is 0 Å². The molecule has 0 saturated carbocycles. The van der Waals surface area contributed by atoms with Crippen molar-refractivity contribution in [1.29, 1.82) is 0 Å². The lowest BCUT2D eigenvalue weighted by Gasteiger charge is -2.12. The minimum Gasteiger partial charge on any atom is -0.494 e. The van der Waals surface area contributed by atoms with E-state index < -0.39 is 0 Å². The normalized spacial score (nSPS) is 11.9. The molecule has 3 N–H and O–H groups in total. The molecule has 1 aromatic rings. The van der Waals surface area contributed by atoms with E-state index in [-0.39, 0.29) is 11.9 Å². The fourth-order valence-electron chi connectivity index (χ4n) is 1.75. The maximum absolute atomic E-state index is 12.0. The van der Waals surface area contributed by atoms with Gasteiger partial charge < -0.3 is 15.8 Å². The van der Waals surface area contributed by atoms with Gasteiger partial charge in [0.05, 0.1) is 6.61 Å². The van der Waals surface area contributed by atoms with Crippen molar-refractivity contribution >= 4 is 5.91 Å². The second-order valence-corrected chi connectivity index (χ2v) is 4.64. The molecule has 0 spiro atoms. The predicted octanol–water partition coefficient (Wildman–Crippen LogP) is 2.33. The van der Waals surface area contributed by atoms with Crippen LogP contribution in [0.3, 0.4) is 0 Å². The third-order valence-electron chi connectivity index (χ3n) is 2.75. The van der Waals surface area contributed by atoms with Crippen LogP contribution < -0.4 is 15.8 Å². The summed E-state index contributed by atoms with van der Waals surface area (Å²) in [6.45, 7) is 5.29. The lowest BCUT2D eigenvalue weighted by Crippen LogP contribution is -2.37. The molecule has 1 amide bonds. The molecule has 1 unspecified atom stereocenters. The fraction of sp³-hybridized carbons (Fsp3) is 0.533. The van der Waals surface area contributed by atoms with E-state index in [4.69, 9.17) is 10.5 Å². The molecule has 0 fully saturated rings. The highest BCUT2D eigenvalue weighted by molar-refractivity contribution is 5.94. The molecule has 0 saturated heterocycles. The first-order chi connectivity index (χ1) is 9.17. The van der Waals surface area contributed by atoms with E-state index in [0.29, 0.717) is 18.7 Å². The Morgan fingerprint density at radius 2 is 2.16 bits per heavy atom. The number of carbonyl (C=O) groups excluding carboxylic acids is 1.